The van der Waals surface area contributed by atoms with Gasteiger partial charge in [-0.15, -0.1) is 0 Å². The molecule has 0 saturated heterocycles. The summed E-state index contributed by atoms with van der Waals surface area (Å²) in [5, 5.41) is 2.49. The van der Waals surface area contributed by atoms with Crippen molar-refractivity contribution in [3.8, 4) is 50.2 Å². The topological polar surface area (TPSA) is 8.17 Å². The molecular formula is C66H46N3+. The summed E-state index contributed by atoms with van der Waals surface area (Å²) in [4.78, 5) is 2.42. The van der Waals surface area contributed by atoms with Crippen LogP contribution in [0.2, 0.25) is 0 Å². The molecule has 0 atom stereocenters. The van der Waals surface area contributed by atoms with Crippen LogP contribution in [0.4, 0.5) is 39.8 Å². The molecule has 0 N–H and O–H groups in total. The zero-order chi connectivity index (χ0) is 45.7. The predicted octanol–water partition coefficient (Wildman–Crippen LogP) is 18.5. The fourth-order valence-corrected chi connectivity index (χ4v) is 10.9. The van der Waals surface area contributed by atoms with Gasteiger partial charge >= 0.3 is 0 Å². The average molecular weight is 881 g/mol. The molecule has 11 aromatic carbocycles. The molecule has 3 nitrogen and oxygen atoms in total. The van der Waals surface area contributed by atoms with Gasteiger partial charge in [0.2, 0.25) is 0 Å². The van der Waals surface area contributed by atoms with Crippen LogP contribution < -0.4 is 9.38 Å². The van der Waals surface area contributed by atoms with Crippen molar-refractivity contribution >= 4 is 61.6 Å². The minimum Gasteiger partial charge on any atom is -0.310 e. The van der Waals surface area contributed by atoms with Crippen LogP contribution >= 0.6 is 0 Å². The second-order valence-corrected chi connectivity index (χ2v) is 17.9. The molecule has 1 aromatic heterocycles. The van der Waals surface area contributed by atoms with E-state index in [1.807, 2.05) is 0 Å². The highest BCUT2D eigenvalue weighted by atomic mass is 15.4. The van der Waals surface area contributed by atoms with Gasteiger partial charge in [-0.2, -0.15) is 4.48 Å². The Morgan fingerprint density at radius 1 is 0.275 bits per heavy atom. The van der Waals surface area contributed by atoms with Crippen LogP contribution in [-0.2, 0) is 0 Å². The second-order valence-electron chi connectivity index (χ2n) is 17.9. The second kappa shape index (κ2) is 16.7. The van der Waals surface area contributed by atoms with Crippen molar-refractivity contribution in [2.75, 3.05) is 4.90 Å². The lowest BCUT2D eigenvalue weighted by molar-refractivity contribution is 0.721. The van der Waals surface area contributed by atoms with Gasteiger partial charge in [0.15, 0.2) is 11.4 Å². The van der Waals surface area contributed by atoms with Gasteiger partial charge < -0.3 is 9.47 Å². The molecule has 0 bridgehead atoms. The summed E-state index contributed by atoms with van der Waals surface area (Å²) in [6, 6.07) is 102. The highest BCUT2D eigenvalue weighted by Crippen LogP contribution is 2.63. The average Bonchev–Trinajstić information content (AvgIpc) is 3.92. The fourth-order valence-electron chi connectivity index (χ4n) is 10.9. The van der Waals surface area contributed by atoms with Crippen LogP contribution in [0.15, 0.2) is 279 Å². The Bertz CT molecular complexity index is 3780. The molecule has 1 aliphatic rings. The van der Waals surface area contributed by atoms with Crippen LogP contribution in [0.1, 0.15) is 0 Å². The van der Waals surface area contributed by atoms with Gasteiger partial charge in [0.25, 0.3) is 0 Å². The predicted molar refractivity (Wildman–Crippen MR) is 291 cm³/mol. The molecule has 0 fully saturated rings. The molecule has 2 heterocycles. The van der Waals surface area contributed by atoms with Gasteiger partial charge in [-0.3, -0.25) is 0 Å². The Hall–Kier alpha value is -9.02. The molecule has 0 saturated carbocycles. The number of anilines is 3. The van der Waals surface area contributed by atoms with E-state index in [-0.39, 0.29) is 0 Å². The first-order chi connectivity index (χ1) is 34.2. The van der Waals surface area contributed by atoms with E-state index in [2.05, 4.69) is 289 Å². The van der Waals surface area contributed by atoms with Crippen molar-refractivity contribution in [2.24, 2.45) is 0 Å². The number of para-hydroxylation sites is 5. The van der Waals surface area contributed by atoms with Gasteiger partial charge in [0.05, 0.1) is 27.8 Å². The number of fused-ring (bicyclic) bond motifs is 6. The Morgan fingerprint density at radius 3 is 1.49 bits per heavy atom. The van der Waals surface area contributed by atoms with Gasteiger partial charge in [-0.1, -0.05) is 164 Å². The molecule has 0 spiro atoms. The van der Waals surface area contributed by atoms with E-state index in [0.717, 1.165) is 33.9 Å². The first kappa shape index (κ1) is 40.3. The van der Waals surface area contributed by atoms with Crippen LogP contribution in [-0.4, -0.2) is 4.57 Å². The number of benzene rings is 11. The molecular weight excluding hydrogens is 835 g/mol. The number of aromatic nitrogens is 1. The highest BCUT2D eigenvalue weighted by molar-refractivity contribution is 6.10. The van der Waals surface area contributed by atoms with Gasteiger partial charge in [-0.25, -0.2) is 0 Å². The molecule has 0 amide bonds. The number of hydrogen-bond acceptors (Lipinski definition) is 1. The van der Waals surface area contributed by atoms with Crippen molar-refractivity contribution in [1.82, 2.24) is 9.05 Å². The molecule has 1 aliphatic heterocycles. The van der Waals surface area contributed by atoms with E-state index in [0.29, 0.717) is 4.48 Å². The minimum absolute atomic E-state index is 0.479. The van der Waals surface area contributed by atoms with E-state index >= 15 is 0 Å². The summed E-state index contributed by atoms with van der Waals surface area (Å²) in [6.07, 6.45) is 0. The summed E-state index contributed by atoms with van der Waals surface area (Å²) in [5.41, 5.74) is 21.2. The molecule has 0 radical (unpaired) electrons. The Kier molecular flexibility index (Phi) is 9.74. The molecule has 69 heavy (non-hydrogen) atoms. The van der Waals surface area contributed by atoms with E-state index in [1.54, 1.807) is 0 Å². The van der Waals surface area contributed by atoms with E-state index in [4.69, 9.17) is 0 Å². The monoisotopic (exact) mass is 880 g/mol. The van der Waals surface area contributed by atoms with Crippen molar-refractivity contribution in [1.29, 1.82) is 0 Å². The summed E-state index contributed by atoms with van der Waals surface area (Å²) in [7, 11) is 0. The maximum Gasteiger partial charge on any atom is 0.158 e. The number of nitrogens with zero attached hydrogens (tertiary/aromatic N) is 3. The van der Waals surface area contributed by atoms with Crippen molar-refractivity contribution in [2.45, 2.75) is 0 Å². The Labute approximate surface area is 402 Å². The van der Waals surface area contributed by atoms with Crippen molar-refractivity contribution < 1.29 is 0 Å². The normalized spacial score (nSPS) is 12.5. The maximum atomic E-state index is 2.43. The number of quaternary nitrogens is 1. The quantitative estimate of drug-likeness (QED) is 0.131. The zero-order valence-corrected chi connectivity index (χ0v) is 37.9. The number of hydrogen-bond donors (Lipinski definition) is 0. The lowest BCUT2D eigenvalue weighted by atomic mass is 9.97. The summed E-state index contributed by atoms with van der Waals surface area (Å²) in [5.74, 6) is 0. The van der Waals surface area contributed by atoms with E-state index in [9.17, 15) is 0 Å². The molecule has 0 aliphatic carbocycles. The number of rotatable bonds is 9. The zero-order valence-electron chi connectivity index (χ0n) is 37.9. The first-order valence-corrected chi connectivity index (χ1v) is 23.7. The standard InChI is InChI=1S/C66H46N3/c1-5-19-47(20-6-1)48-35-38-54(39-36-48)67(56-40-41-61-60-32-14-16-34-65(60)69(66(61)46-56,57-27-9-3-10-28-57)58-29-11-4-12-30-58)55-26-18-23-51(44-55)49-21-17-22-50(43-49)52-37-42-64-62(45-52)59-31-13-15-33-63(59)68(64)53-24-7-2-8-25-53/h1-46H/q+1. The molecule has 0 unspecified atom stereocenters. The third kappa shape index (κ3) is 6.71. The van der Waals surface area contributed by atoms with Gasteiger partial charge in [0, 0.05) is 64.2 Å². The van der Waals surface area contributed by atoms with E-state index < -0.39 is 0 Å². The molecule has 12 aromatic rings. The largest absolute Gasteiger partial charge is 0.310 e. The smallest absolute Gasteiger partial charge is 0.158 e. The lowest BCUT2D eigenvalue weighted by Crippen LogP contribution is -2.31. The van der Waals surface area contributed by atoms with Gasteiger partial charge in [0.1, 0.15) is 11.4 Å². The molecule has 324 valence electrons. The highest BCUT2D eigenvalue weighted by Gasteiger charge is 2.48. The summed E-state index contributed by atoms with van der Waals surface area (Å²) >= 11 is 0. The Balaban J connectivity index is 0.953. The third-order valence-corrected chi connectivity index (χ3v) is 14.0. The van der Waals surface area contributed by atoms with Crippen LogP contribution in [0.3, 0.4) is 0 Å². The lowest BCUT2D eigenvalue weighted by Gasteiger charge is -2.35. The molecule has 13 rings (SSSR count). The van der Waals surface area contributed by atoms with Crippen molar-refractivity contribution in [3.63, 3.8) is 0 Å². The molecule has 3 heteroatoms. The minimum atomic E-state index is 0.479. The van der Waals surface area contributed by atoms with Crippen LogP contribution in [0.25, 0.3) is 72.0 Å². The maximum absolute atomic E-state index is 2.43. The first-order valence-electron chi connectivity index (χ1n) is 23.7. The van der Waals surface area contributed by atoms with E-state index in [1.165, 1.54) is 77.9 Å². The van der Waals surface area contributed by atoms with Crippen LogP contribution in [0.5, 0.6) is 0 Å². The Morgan fingerprint density at radius 2 is 0.768 bits per heavy atom. The van der Waals surface area contributed by atoms with Crippen LogP contribution in [0, 0.1) is 0 Å². The fraction of sp³-hybridized carbons (Fsp3) is 0. The summed E-state index contributed by atoms with van der Waals surface area (Å²) < 4.78 is 2.85. The van der Waals surface area contributed by atoms with Crippen molar-refractivity contribution in [3.05, 3.63) is 279 Å². The summed E-state index contributed by atoms with van der Waals surface area (Å²) in [6.45, 7) is 0. The SMILES string of the molecule is c1ccc(-c2ccc(N(c3cccc(-c4cccc(-c5ccc6c(c5)c5ccccc5n6-c5ccccc5)c4)c3)c3ccc4c(c3)[N+](c3ccccc3)(c3ccccc3)c3ccccc3-4)cc2)cc1. The van der Waals surface area contributed by atoms with Gasteiger partial charge in [-0.05, 0) is 112 Å². The third-order valence-electron chi connectivity index (χ3n) is 14.0.